The largest absolute Gasteiger partial charge is 0.329 e. The second kappa shape index (κ2) is 6.37. The van der Waals surface area contributed by atoms with Gasteiger partial charge in [0.1, 0.15) is 5.82 Å². The number of rotatable bonds is 4. The molecule has 2 aromatic rings. The van der Waals surface area contributed by atoms with Gasteiger partial charge < -0.3 is 5.73 Å². The first kappa shape index (κ1) is 14.2. The van der Waals surface area contributed by atoms with Crippen LogP contribution in [0, 0.1) is 5.82 Å². The Bertz CT molecular complexity index is 568. The maximum absolute atomic E-state index is 13.1. The molecular formula is C18H21FN2. The van der Waals surface area contributed by atoms with E-state index in [1.165, 1.54) is 24.1 Å². The van der Waals surface area contributed by atoms with E-state index in [0.717, 1.165) is 18.5 Å². The third-order valence-electron chi connectivity index (χ3n) is 4.36. The van der Waals surface area contributed by atoms with Gasteiger partial charge in [0, 0.05) is 18.6 Å². The third-order valence-corrected chi connectivity index (χ3v) is 4.36. The van der Waals surface area contributed by atoms with E-state index in [-0.39, 0.29) is 11.9 Å². The summed E-state index contributed by atoms with van der Waals surface area (Å²) < 4.78 is 13.1. The normalized spacial score (nSPS) is 20.6. The molecule has 110 valence electrons. The SMILES string of the molecule is NCC(c1ccc(F)cc1)N1CCCC1c1ccccc1. The van der Waals surface area contributed by atoms with Crippen LogP contribution in [0.15, 0.2) is 54.6 Å². The second-order valence-electron chi connectivity index (χ2n) is 5.61. The van der Waals surface area contributed by atoms with E-state index in [4.69, 9.17) is 5.73 Å². The van der Waals surface area contributed by atoms with E-state index in [0.29, 0.717) is 12.6 Å². The van der Waals surface area contributed by atoms with Crippen molar-refractivity contribution in [2.24, 2.45) is 5.73 Å². The summed E-state index contributed by atoms with van der Waals surface area (Å²) in [4.78, 5) is 2.46. The summed E-state index contributed by atoms with van der Waals surface area (Å²) in [6.07, 6.45) is 2.33. The van der Waals surface area contributed by atoms with Crippen LogP contribution in [0.1, 0.15) is 36.1 Å². The van der Waals surface area contributed by atoms with E-state index < -0.39 is 0 Å². The Morgan fingerprint density at radius 3 is 2.48 bits per heavy atom. The zero-order chi connectivity index (χ0) is 14.7. The minimum atomic E-state index is -0.199. The van der Waals surface area contributed by atoms with Gasteiger partial charge in [0.2, 0.25) is 0 Å². The van der Waals surface area contributed by atoms with Crippen molar-refractivity contribution in [1.82, 2.24) is 4.90 Å². The first-order valence-corrected chi connectivity index (χ1v) is 7.56. The van der Waals surface area contributed by atoms with Gasteiger partial charge in [-0.1, -0.05) is 42.5 Å². The summed E-state index contributed by atoms with van der Waals surface area (Å²) in [7, 11) is 0. The molecule has 3 rings (SSSR count). The molecule has 3 heteroatoms. The van der Waals surface area contributed by atoms with Crippen LogP contribution >= 0.6 is 0 Å². The predicted octanol–water partition coefficient (Wildman–Crippen LogP) is 3.66. The van der Waals surface area contributed by atoms with Gasteiger partial charge >= 0.3 is 0 Å². The molecule has 1 aliphatic heterocycles. The maximum atomic E-state index is 13.1. The number of nitrogens with zero attached hydrogens (tertiary/aromatic N) is 1. The van der Waals surface area contributed by atoms with Gasteiger partial charge in [0.05, 0.1) is 0 Å². The lowest BCUT2D eigenvalue weighted by atomic mass is 10.0. The summed E-state index contributed by atoms with van der Waals surface area (Å²) in [5.41, 5.74) is 8.47. The summed E-state index contributed by atoms with van der Waals surface area (Å²) in [6.45, 7) is 1.59. The summed E-state index contributed by atoms with van der Waals surface area (Å²) in [5.74, 6) is -0.199. The second-order valence-corrected chi connectivity index (χ2v) is 5.61. The molecule has 1 aliphatic rings. The van der Waals surface area contributed by atoms with E-state index >= 15 is 0 Å². The van der Waals surface area contributed by atoms with Crippen LogP contribution in [0.2, 0.25) is 0 Å². The molecule has 0 radical (unpaired) electrons. The van der Waals surface area contributed by atoms with Gasteiger partial charge in [0.15, 0.2) is 0 Å². The van der Waals surface area contributed by atoms with Crippen LogP contribution in [0.25, 0.3) is 0 Å². The average molecular weight is 284 g/mol. The summed E-state index contributed by atoms with van der Waals surface area (Å²) in [6, 6.07) is 17.9. The van der Waals surface area contributed by atoms with E-state index in [9.17, 15) is 4.39 Å². The highest BCUT2D eigenvalue weighted by molar-refractivity contribution is 5.24. The molecule has 2 unspecified atom stereocenters. The Morgan fingerprint density at radius 1 is 1.10 bits per heavy atom. The van der Waals surface area contributed by atoms with Crippen molar-refractivity contribution in [1.29, 1.82) is 0 Å². The van der Waals surface area contributed by atoms with Gasteiger partial charge in [-0.2, -0.15) is 0 Å². The fourth-order valence-electron chi connectivity index (χ4n) is 3.34. The highest BCUT2D eigenvalue weighted by atomic mass is 19.1. The zero-order valence-corrected chi connectivity index (χ0v) is 12.1. The highest BCUT2D eigenvalue weighted by Gasteiger charge is 2.31. The van der Waals surface area contributed by atoms with Gasteiger partial charge in [-0.3, -0.25) is 4.90 Å². The lowest BCUT2D eigenvalue weighted by Gasteiger charge is -2.33. The number of likely N-dealkylation sites (tertiary alicyclic amines) is 1. The summed E-state index contributed by atoms with van der Waals surface area (Å²) >= 11 is 0. The fourth-order valence-corrected chi connectivity index (χ4v) is 3.34. The first-order chi connectivity index (χ1) is 10.3. The molecule has 0 spiro atoms. The number of hydrogen-bond donors (Lipinski definition) is 1. The van der Waals surface area contributed by atoms with Crippen LogP contribution < -0.4 is 5.73 Å². The van der Waals surface area contributed by atoms with Crippen molar-refractivity contribution in [3.05, 3.63) is 71.5 Å². The molecule has 21 heavy (non-hydrogen) atoms. The topological polar surface area (TPSA) is 29.3 Å². The lowest BCUT2D eigenvalue weighted by molar-refractivity contribution is 0.185. The quantitative estimate of drug-likeness (QED) is 0.928. The van der Waals surface area contributed by atoms with Crippen LogP contribution in [0.5, 0.6) is 0 Å². The zero-order valence-electron chi connectivity index (χ0n) is 12.1. The van der Waals surface area contributed by atoms with Crippen molar-refractivity contribution >= 4 is 0 Å². The monoisotopic (exact) mass is 284 g/mol. The van der Waals surface area contributed by atoms with Crippen molar-refractivity contribution in [3.8, 4) is 0 Å². The molecule has 0 amide bonds. The molecule has 2 atom stereocenters. The summed E-state index contributed by atoms with van der Waals surface area (Å²) in [5, 5.41) is 0. The average Bonchev–Trinajstić information content (AvgIpc) is 3.00. The highest BCUT2D eigenvalue weighted by Crippen LogP contribution is 2.38. The van der Waals surface area contributed by atoms with Crippen molar-refractivity contribution < 1.29 is 4.39 Å². The smallest absolute Gasteiger partial charge is 0.123 e. The number of halogens is 1. The first-order valence-electron chi connectivity index (χ1n) is 7.56. The molecule has 1 fully saturated rings. The number of hydrogen-bond acceptors (Lipinski definition) is 2. The minimum absolute atomic E-state index is 0.151. The van der Waals surface area contributed by atoms with Gasteiger partial charge in [-0.05, 0) is 42.6 Å². The van der Waals surface area contributed by atoms with Crippen molar-refractivity contribution in [2.75, 3.05) is 13.1 Å². The van der Waals surface area contributed by atoms with Crippen LogP contribution in [0.4, 0.5) is 4.39 Å². The molecular weight excluding hydrogens is 263 g/mol. The number of nitrogens with two attached hydrogens (primary N) is 1. The molecule has 1 heterocycles. The van der Waals surface area contributed by atoms with Crippen LogP contribution in [-0.4, -0.2) is 18.0 Å². The van der Waals surface area contributed by atoms with Crippen molar-refractivity contribution in [3.63, 3.8) is 0 Å². The molecule has 2 aromatic carbocycles. The Balaban J connectivity index is 1.87. The predicted molar refractivity (Wildman–Crippen MR) is 83.3 cm³/mol. The van der Waals surface area contributed by atoms with E-state index in [1.807, 2.05) is 18.2 Å². The standard InChI is InChI=1S/C18H21FN2/c19-16-10-8-15(9-11-16)18(13-20)21-12-4-7-17(21)14-5-2-1-3-6-14/h1-3,5-6,8-11,17-18H,4,7,12-13,20H2. The van der Waals surface area contributed by atoms with Crippen LogP contribution in [0.3, 0.4) is 0 Å². The number of benzene rings is 2. The fraction of sp³-hybridized carbons (Fsp3) is 0.333. The van der Waals surface area contributed by atoms with E-state index in [2.05, 4.69) is 29.2 Å². The molecule has 0 aliphatic carbocycles. The van der Waals surface area contributed by atoms with Gasteiger partial charge in [0.25, 0.3) is 0 Å². The minimum Gasteiger partial charge on any atom is -0.329 e. The molecule has 0 saturated carbocycles. The third kappa shape index (κ3) is 2.99. The molecule has 2 nitrogen and oxygen atoms in total. The van der Waals surface area contributed by atoms with Crippen LogP contribution in [-0.2, 0) is 0 Å². The van der Waals surface area contributed by atoms with Gasteiger partial charge in [-0.15, -0.1) is 0 Å². The van der Waals surface area contributed by atoms with Gasteiger partial charge in [-0.25, -0.2) is 4.39 Å². The molecule has 0 bridgehead atoms. The Hall–Kier alpha value is -1.71. The molecule has 0 aromatic heterocycles. The lowest BCUT2D eigenvalue weighted by Crippen LogP contribution is -2.33. The molecule has 2 N–H and O–H groups in total. The van der Waals surface area contributed by atoms with Crippen molar-refractivity contribution in [2.45, 2.75) is 24.9 Å². The molecule has 1 saturated heterocycles. The Labute approximate surface area is 125 Å². The maximum Gasteiger partial charge on any atom is 0.123 e. The Morgan fingerprint density at radius 2 is 1.81 bits per heavy atom. The van der Waals surface area contributed by atoms with E-state index in [1.54, 1.807) is 0 Å². The Kier molecular flexibility index (Phi) is 4.32.